The van der Waals surface area contributed by atoms with Crippen molar-refractivity contribution in [3.05, 3.63) is 0 Å². The summed E-state index contributed by atoms with van der Waals surface area (Å²) in [5, 5.41) is 20.1. The molecule has 0 amide bonds. The van der Waals surface area contributed by atoms with E-state index in [1.165, 1.54) is 32.1 Å². The molecule has 0 bridgehead atoms. The first-order valence-corrected chi connectivity index (χ1v) is 6.59. The second-order valence-corrected chi connectivity index (χ2v) is 5.50. The molecule has 0 aromatic carbocycles. The normalized spacial score (nSPS) is 36.4. The fraction of sp³-hybridized carbons (Fsp3) is 1.00. The SMILES string of the molecule is OC[C@H]1CCCC[C@@H]1C1(O)CCCCC1. The zero-order valence-electron chi connectivity index (χ0n) is 9.62. The summed E-state index contributed by atoms with van der Waals surface area (Å²) >= 11 is 0. The van der Waals surface area contributed by atoms with Gasteiger partial charge in [0.15, 0.2) is 0 Å². The third kappa shape index (κ3) is 2.36. The molecule has 15 heavy (non-hydrogen) atoms. The van der Waals surface area contributed by atoms with Crippen LogP contribution in [0.2, 0.25) is 0 Å². The van der Waals surface area contributed by atoms with Crippen LogP contribution in [0, 0.1) is 11.8 Å². The van der Waals surface area contributed by atoms with Crippen LogP contribution in [0.25, 0.3) is 0 Å². The van der Waals surface area contributed by atoms with Gasteiger partial charge in [-0.15, -0.1) is 0 Å². The van der Waals surface area contributed by atoms with Crippen molar-refractivity contribution in [1.29, 1.82) is 0 Å². The van der Waals surface area contributed by atoms with E-state index >= 15 is 0 Å². The Morgan fingerprint density at radius 1 is 0.933 bits per heavy atom. The van der Waals surface area contributed by atoms with Gasteiger partial charge in [-0.3, -0.25) is 0 Å². The summed E-state index contributed by atoms with van der Waals surface area (Å²) in [5.41, 5.74) is -0.438. The maximum Gasteiger partial charge on any atom is 0.0679 e. The van der Waals surface area contributed by atoms with Crippen molar-refractivity contribution in [2.75, 3.05) is 6.61 Å². The molecule has 0 aromatic rings. The number of rotatable bonds is 2. The summed E-state index contributed by atoms with van der Waals surface area (Å²) < 4.78 is 0. The molecule has 0 spiro atoms. The van der Waals surface area contributed by atoms with Gasteiger partial charge in [0.2, 0.25) is 0 Å². The molecule has 88 valence electrons. The van der Waals surface area contributed by atoms with Crippen LogP contribution in [-0.2, 0) is 0 Å². The first kappa shape index (κ1) is 11.4. The first-order valence-electron chi connectivity index (χ1n) is 6.59. The van der Waals surface area contributed by atoms with Gasteiger partial charge in [0.05, 0.1) is 5.60 Å². The first-order chi connectivity index (χ1) is 7.26. The summed E-state index contributed by atoms with van der Waals surface area (Å²) in [6.07, 6.45) is 10.3. The quantitative estimate of drug-likeness (QED) is 0.738. The van der Waals surface area contributed by atoms with Gasteiger partial charge in [0.25, 0.3) is 0 Å². The lowest BCUT2D eigenvalue weighted by Crippen LogP contribution is -2.45. The molecule has 0 heterocycles. The third-order valence-electron chi connectivity index (χ3n) is 4.55. The molecular formula is C13H24O2. The second-order valence-electron chi connectivity index (χ2n) is 5.50. The van der Waals surface area contributed by atoms with Crippen molar-refractivity contribution in [3.63, 3.8) is 0 Å². The minimum atomic E-state index is -0.438. The molecule has 2 nitrogen and oxygen atoms in total. The van der Waals surface area contributed by atoms with Gasteiger partial charge >= 0.3 is 0 Å². The molecule has 2 N–H and O–H groups in total. The molecule has 0 radical (unpaired) electrons. The van der Waals surface area contributed by atoms with Crippen molar-refractivity contribution < 1.29 is 10.2 Å². The Kier molecular flexibility index (Phi) is 3.68. The van der Waals surface area contributed by atoms with Crippen LogP contribution in [-0.4, -0.2) is 22.4 Å². The van der Waals surface area contributed by atoms with Crippen LogP contribution in [0.5, 0.6) is 0 Å². The zero-order chi connectivity index (χ0) is 10.7. The number of hydrogen-bond acceptors (Lipinski definition) is 2. The van der Waals surface area contributed by atoms with Crippen molar-refractivity contribution in [2.24, 2.45) is 11.8 Å². The Bertz CT molecular complexity index is 197. The predicted molar refractivity (Wildman–Crippen MR) is 60.6 cm³/mol. The van der Waals surface area contributed by atoms with Crippen molar-refractivity contribution in [3.8, 4) is 0 Å². The molecule has 0 unspecified atom stereocenters. The van der Waals surface area contributed by atoms with E-state index in [4.69, 9.17) is 0 Å². The van der Waals surface area contributed by atoms with E-state index in [1.54, 1.807) is 0 Å². The molecule has 2 atom stereocenters. The molecular weight excluding hydrogens is 188 g/mol. The Morgan fingerprint density at radius 3 is 2.27 bits per heavy atom. The van der Waals surface area contributed by atoms with Crippen LogP contribution < -0.4 is 0 Å². The van der Waals surface area contributed by atoms with E-state index in [1.807, 2.05) is 0 Å². The van der Waals surface area contributed by atoms with Crippen molar-refractivity contribution in [1.82, 2.24) is 0 Å². The van der Waals surface area contributed by atoms with Crippen molar-refractivity contribution >= 4 is 0 Å². The third-order valence-corrected chi connectivity index (χ3v) is 4.55. The summed E-state index contributed by atoms with van der Waals surface area (Å²) in [5.74, 6) is 0.735. The molecule has 2 fully saturated rings. The smallest absolute Gasteiger partial charge is 0.0679 e. The lowest BCUT2D eigenvalue weighted by atomic mass is 9.65. The Balaban J connectivity index is 2.04. The highest BCUT2D eigenvalue weighted by Crippen LogP contribution is 2.44. The number of hydrogen-bond donors (Lipinski definition) is 2. The van der Waals surface area contributed by atoms with E-state index in [-0.39, 0.29) is 6.61 Å². The highest BCUT2D eigenvalue weighted by molar-refractivity contribution is 4.93. The fourth-order valence-electron chi connectivity index (χ4n) is 3.67. The Morgan fingerprint density at radius 2 is 1.60 bits per heavy atom. The van der Waals surface area contributed by atoms with Gasteiger partial charge in [0.1, 0.15) is 0 Å². The van der Waals surface area contributed by atoms with Crippen LogP contribution in [0.15, 0.2) is 0 Å². The minimum absolute atomic E-state index is 0.271. The lowest BCUT2D eigenvalue weighted by Gasteiger charge is -2.45. The van der Waals surface area contributed by atoms with E-state index in [9.17, 15) is 10.2 Å². The molecule has 0 saturated heterocycles. The summed E-state index contributed by atoms with van der Waals surface area (Å²) in [6, 6.07) is 0. The predicted octanol–water partition coefficient (Wildman–Crippen LogP) is 2.48. The van der Waals surface area contributed by atoms with Gasteiger partial charge < -0.3 is 10.2 Å². The summed E-state index contributed by atoms with van der Waals surface area (Å²) in [6.45, 7) is 0.271. The van der Waals surface area contributed by atoms with Gasteiger partial charge in [-0.25, -0.2) is 0 Å². The summed E-state index contributed by atoms with van der Waals surface area (Å²) in [7, 11) is 0. The molecule has 2 heteroatoms. The second kappa shape index (κ2) is 4.84. The molecule has 2 saturated carbocycles. The van der Waals surface area contributed by atoms with Gasteiger partial charge in [-0.2, -0.15) is 0 Å². The van der Waals surface area contributed by atoms with Gasteiger partial charge in [0, 0.05) is 6.61 Å². The van der Waals surface area contributed by atoms with E-state index in [2.05, 4.69) is 0 Å². The van der Waals surface area contributed by atoms with Crippen LogP contribution >= 0.6 is 0 Å². The van der Waals surface area contributed by atoms with Crippen molar-refractivity contribution in [2.45, 2.75) is 63.4 Å². The summed E-state index contributed by atoms with van der Waals surface area (Å²) in [4.78, 5) is 0. The van der Waals surface area contributed by atoms with E-state index in [0.29, 0.717) is 11.8 Å². The molecule has 0 aliphatic heterocycles. The topological polar surface area (TPSA) is 40.5 Å². The van der Waals surface area contributed by atoms with Crippen LogP contribution in [0.1, 0.15) is 57.8 Å². The molecule has 2 aliphatic carbocycles. The Hall–Kier alpha value is -0.0800. The average molecular weight is 212 g/mol. The fourth-order valence-corrected chi connectivity index (χ4v) is 3.67. The monoisotopic (exact) mass is 212 g/mol. The highest BCUT2D eigenvalue weighted by atomic mass is 16.3. The largest absolute Gasteiger partial charge is 0.396 e. The molecule has 2 aliphatic rings. The number of aliphatic hydroxyl groups is 2. The van der Waals surface area contributed by atoms with Crippen LogP contribution in [0.4, 0.5) is 0 Å². The highest BCUT2D eigenvalue weighted by Gasteiger charge is 2.42. The number of aliphatic hydroxyl groups excluding tert-OH is 1. The van der Waals surface area contributed by atoms with E-state index < -0.39 is 5.60 Å². The van der Waals surface area contributed by atoms with E-state index in [0.717, 1.165) is 25.7 Å². The Labute approximate surface area is 92.7 Å². The zero-order valence-corrected chi connectivity index (χ0v) is 9.62. The van der Waals surface area contributed by atoms with Gasteiger partial charge in [-0.1, -0.05) is 32.1 Å². The average Bonchev–Trinajstić information content (AvgIpc) is 2.30. The lowest BCUT2D eigenvalue weighted by molar-refractivity contribution is -0.0903. The minimum Gasteiger partial charge on any atom is -0.396 e. The maximum atomic E-state index is 10.7. The van der Waals surface area contributed by atoms with Gasteiger partial charge in [-0.05, 0) is 37.5 Å². The van der Waals surface area contributed by atoms with Crippen LogP contribution in [0.3, 0.4) is 0 Å². The molecule has 0 aromatic heterocycles. The standard InChI is InChI=1S/C13H24O2/c14-10-11-6-2-3-7-12(11)13(15)8-4-1-5-9-13/h11-12,14-15H,1-10H2/t11-,12+/m1/s1. The maximum absolute atomic E-state index is 10.7. The molecule has 2 rings (SSSR count).